The Bertz CT molecular complexity index is 931. The van der Waals surface area contributed by atoms with Crippen molar-refractivity contribution in [1.29, 1.82) is 0 Å². The second kappa shape index (κ2) is 7.49. The first-order chi connectivity index (χ1) is 13.2. The van der Waals surface area contributed by atoms with Crippen molar-refractivity contribution in [3.63, 3.8) is 0 Å². The molecule has 142 valence electrons. The summed E-state index contributed by atoms with van der Waals surface area (Å²) < 4.78 is 33.1. The molecule has 1 atom stereocenters. The van der Waals surface area contributed by atoms with Crippen molar-refractivity contribution in [2.45, 2.75) is 12.5 Å². The lowest BCUT2D eigenvalue weighted by atomic mass is 10.2. The first kappa shape index (κ1) is 17.7. The van der Waals surface area contributed by atoms with Gasteiger partial charge in [0.1, 0.15) is 23.5 Å². The minimum Gasteiger partial charge on any atom is -0.373 e. The van der Waals surface area contributed by atoms with Gasteiger partial charge >= 0.3 is 0 Å². The summed E-state index contributed by atoms with van der Waals surface area (Å²) in [4.78, 5) is 15.0. The number of imidazole rings is 1. The number of ether oxygens (including phenoxy) is 1. The monoisotopic (exact) mass is 375 g/mol. The van der Waals surface area contributed by atoms with E-state index in [9.17, 15) is 8.78 Å². The van der Waals surface area contributed by atoms with Crippen molar-refractivity contribution >= 4 is 11.5 Å². The number of rotatable bonds is 5. The zero-order valence-corrected chi connectivity index (χ0v) is 14.7. The second-order valence-electron chi connectivity index (χ2n) is 6.23. The Morgan fingerprint density at radius 3 is 3.00 bits per heavy atom. The highest BCUT2D eigenvalue weighted by atomic mass is 19.3. The number of nitrogens with zero attached hydrogens (tertiary/aromatic N) is 6. The average molecular weight is 375 g/mol. The summed E-state index contributed by atoms with van der Waals surface area (Å²) in [6, 6.07) is 4.62. The minimum absolute atomic E-state index is 0.0771. The van der Waals surface area contributed by atoms with Crippen molar-refractivity contribution in [1.82, 2.24) is 29.9 Å². The van der Waals surface area contributed by atoms with Crippen LogP contribution in [0.1, 0.15) is 12.1 Å². The van der Waals surface area contributed by atoms with Gasteiger partial charge in [-0.05, 0) is 19.2 Å². The first-order valence-electron chi connectivity index (χ1n) is 8.62. The molecule has 3 aromatic heterocycles. The summed E-state index contributed by atoms with van der Waals surface area (Å²) >= 11 is 0. The van der Waals surface area contributed by atoms with Gasteiger partial charge in [-0.1, -0.05) is 0 Å². The van der Waals surface area contributed by atoms with Gasteiger partial charge in [0.25, 0.3) is 6.43 Å². The van der Waals surface area contributed by atoms with Gasteiger partial charge in [-0.2, -0.15) is 5.10 Å². The SMILES string of the molecule is CNC[C@@H]1CN(c2cc(-c3cnc4ccc(C(F)F)nn34)ncn2)CCO1. The second-order valence-corrected chi connectivity index (χ2v) is 6.23. The molecule has 1 fully saturated rings. The van der Waals surface area contributed by atoms with Gasteiger partial charge in [0, 0.05) is 25.7 Å². The summed E-state index contributed by atoms with van der Waals surface area (Å²) in [5.74, 6) is 0.754. The molecule has 0 spiro atoms. The van der Waals surface area contributed by atoms with Gasteiger partial charge in [-0.25, -0.2) is 28.2 Å². The third kappa shape index (κ3) is 3.58. The number of aromatic nitrogens is 5. The van der Waals surface area contributed by atoms with Crippen LogP contribution in [0.2, 0.25) is 0 Å². The van der Waals surface area contributed by atoms with E-state index in [0.29, 0.717) is 30.2 Å². The number of hydrogen-bond acceptors (Lipinski definition) is 7. The lowest BCUT2D eigenvalue weighted by molar-refractivity contribution is 0.0419. The van der Waals surface area contributed by atoms with Crippen LogP contribution >= 0.6 is 0 Å². The molecule has 8 nitrogen and oxygen atoms in total. The minimum atomic E-state index is -2.65. The standard InChI is InChI=1S/C17H19F2N7O/c1-20-7-11-9-25(4-5-27-11)16-6-13(22-10-23-16)14-8-21-15-3-2-12(17(18)19)24-26(14)15/h2-3,6,8,10-11,17,20H,4-5,7,9H2,1H3/t11-/m1/s1. The van der Waals surface area contributed by atoms with Gasteiger partial charge < -0.3 is 15.0 Å². The number of nitrogens with one attached hydrogen (secondary N) is 1. The number of likely N-dealkylation sites (N-methyl/N-ethyl adjacent to an activating group) is 1. The number of anilines is 1. The summed E-state index contributed by atoms with van der Waals surface area (Å²) in [5, 5.41) is 7.10. The number of halogens is 2. The molecule has 27 heavy (non-hydrogen) atoms. The molecule has 1 aliphatic rings. The number of alkyl halides is 2. The summed E-state index contributed by atoms with van der Waals surface area (Å²) in [7, 11) is 1.89. The molecule has 4 heterocycles. The van der Waals surface area contributed by atoms with Crippen molar-refractivity contribution in [3.8, 4) is 11.4 Å². The molecule has 0 bridgehead atoms. The van der Waals surface area contributed by atoms with E-state index in [1.165, 1.54) is 23.0 Å². The van der Waals surface area contributed by atoms with Crippen molar-refractivity contribution in [2.75, 3.05) is 38.2 Å². The molecule has 0 aliphatic carbocycles. The van der Waals surface area contributed by atoms with Gasteiger partial charge in [-0.15, -0.1) is 0 Å². The van der Waals surface area contributed by atoms with E-state index in [4.69, 9.17) is 4.74 Å². The molecular weight excluding hydrogens is 356 g/mol. The third-order valence-electron chi connectivity index (χ3n) is 4.42. The molecular formula is C17H19F2N7O. The van der Waals surface area contributed by atoms with Crippen LogP contribution in [0.5, 0.6) is 0 Å². The highest BCUT2D eigenvalue weighted by molar-refractivity contribution is 5.62. The predicted octanol–water partition coefficient (Wildman–Crippen LogP) is 1.55. The molecule has 0 aromatic carbocycles. The van der Waals surface area contributed by atoms with Crippen LogP contribution in [-0.4, -0.2) is 64.0 Å². The topological polar surface area (TPSA) is 80.5 Å². The zero-order chi connectivity index (χ0) is 18.8. The van der Waals surface area contributed by atoms with E-state index >= 15 is 0 Å². The highest BCUT2D eigenvalue weighted by Crippen LogP contribution is 2.24. The first-order valence-corrected chi connectivity index (χ1v) is 8.62. The maximum Gasteiger partial charge on any atom is 0.282 e. The van der Waals surface area contributed by atoms with Crippen LogP contribution in [0.15, 0.2) is 30.7 Å². The fourth-order valence-electron chi connectivity index (χ4n) is 3.12. The maximum atomic E-state index is 13.0. The molecule has 1 aliphatic heterocycles. The Morgan fingerprint density at radius 2 is 2.19 bits per heavy atom. The average Bonchev–Trinajstić information content (AvgIpc) is 3.12. The lowest BCUT2D eigenvalue weighted by Crippen LogP contribution is -2.46. The zero-order valence-electron chi connectivity index (χ0n) is 14.7. The summed E-state index contributed by atoms with van der Waals surface area (Å²) in [6.45, 7) is 2.79. The Balaban J connectivity index is 1.66. The summed E-state index contributed by atoms with van der Waals surface area (Å²) in [5.41, 5.74) is 1.29. The highest BCUT2D eigenvalue weighted by Gasteiger charge is 2.22. The summed E-state index contributed by atoms with van der Waals surface area (Å²) in [6.07, 6.45) is 0.465. The Labute approximate surface area is 154 Å². The van der Waals surface area contributed by atoms with Crippen molar-refractivity contribution in [2.24, 2.45) is 0 Å². The Hall–Kier alpha value is -2.72. The fraction of sp³-hybridized carbons (Fsp3) is 0.412. The van der Waals surface area contributed by atoms with Crippen LogP contribution in [0, 0.1) is 0 Å². The quantitative estimate of drug-likeness (QED) is 0.725. The van der Waals surface area contributed by atoms with Crippen LogP contribution in [0.4, 0.5) is 14.6 Å². The maximum absolute atomic E-state index is 13.0. The fourth-order valence-corrected chi connectivity index (χ4v) is 3.12. The van der Waals surface area contributed by atoms with Crippen LogP contribution in [0.3, 0.4) is 0 Å². The smallest absolute Gasteiger partial charge is 0.282 e. The number of morpholine rings is 1. The van der Waals surface area contributed by atoms with Crippen LogP contribution in [0.25, 0.3) is 17.0 Å². The predicted molar refractivity (Wildman–Crippen MR) is 94.8 cm³/mol. The van der Waals surface area contributed by atoms with E-state index in [1.807, 2.05) is 13.1 Å². The van der Waals surface area contributed by atoms with Gasteiger partial charge in [-0.3, -0.25) is 0 Å². The lowest BCUT2D eigenvalue weighted by Gasteiger charge is -2.33. The van der Waals surface area contributed by atoms with Crippen molar-refractivity contribution < 1.29 is 13.5 Å². The van der Waals surface area contributed by atoms with E-state index in [-0.39, 0.29) is 11.8 Å². The van der Waals surface area contributed by atoms with E-state index in [0.717, 1.165) is 18.9 Å². The molecule has 10 heteroatoms. The Kier molecular flexibility index (Phi) is 4.90. The Morgan fingerprint density at radius 1 is 1.30 bits per heavy atom. The van der Waals surface area contributed by atoms with Gasteiger partial charge in [0.05, 0.1) is 24.6 Å². The molecule has 1 N–H and O–H groups in total. The molecule has 4 rings (SSSR count). The molecule has 1 saturated heterocycles. The van der Waals surface area contributed by atoms with E-state index < -0.39 is 6.43 Å². The largest absolute Gasteiger partial charge is 0.373 e. The molecule has 0 radical (unpaired) electrons. The van der Waals surface area contributed by atoms with Crippen molar-refractivity contribution in [3.05, 3.63) is 36.4 Å². The number of fused-ring (bicyclic) bond motifs is 1. The van der Waals surface area contributed by atoms with Crippen LogP contribution in [-0.2, 0) is 4.74 Å². The van der Waals surface area contributed by atoms with E-state index in [1.54, 1.807) is 6.20 Å². The molecule has 3 aromatic rings. The normalized spacial score (nSPS) is 17.8. The third-order valence-corrected chi connectivity index (χ3v) is 4.42. The molecule has 0 amide bonds. The van der Waals surface area contributed by atoms with E-state index in [2.05, 4.69) is 30.3 Å². The van der Waals surface area contributed by atoms with Gasteiger partial charge in [0.2, 0.25) is 0 Å². The van der Waals surface area contributed by atoms with Gasteiger partial charge in [0.15, 0.2) is 5.65 Å². The van der Waals surface area contributed by atoms with Crippen LogP contribution < -0.4 is 10.2 Å². The number of hydrogen-bond donors (Lipinski definition) is 1. The molecule has 0 saturated carbocycles. The molecule has 0 unspecified atom stereocenters.